The fraction of sp³-hybridized carbons (Fsp3) is 0.368. The molecule has 0 amide bonds. The van der Waals surface area contributed by atoms with Crippen LogP contribution in [0, 0.1) is 0 Å². The number of anilines is 1. The van der Waals surface area contributed by atoms with E-state index in [1.807, 2.05) is 18.2 Å². The van der Waals surface area contributed by atoms with E-state index < -0.39 is 0 Å². The fourth-order valence-corrected chi connectivity index (χ4v) is 3.21. The molecule has 0 spiro atoms. The van der Waals surface area contributed by atoms with Crippen LogP contribution in [0.4, 0.5) is 5.82 Å². The minimum atomic E-state index is -0.137. The Labute approximate surface area is 151 Å². The van der Waals surface area contributed by atoms with E-state index in [-0.39, 0.29) is 11.7 Å². The van der Waals surface area contributed by atoms with Gasteiger partial charge in [0.25, 0.3) is 5.56 Å². The first-order chi connectivity index (χ1) is 12.7. The molecule has 26 heavy (non-hydrogen) atoms. The topological polar surface area (TPSA) is 72.5 Å². The molecule has 3 aromatic rings. The lowest BCUT2D eigenvalue weighted by Gasteiger charge is -2.32. The molecule has 1 fully saturated rings. The van der Waals surface area contributed by atoms with E-state index in [1.165, 1.54) is 4.57 Å². The summed E-state index contributed by atoms with van der Waals surface area (Å²) in [5, 5.41) is 4.23. The molecule has 136 valence electrons. The molecule has 0 bridgehead atoms. The van der Waals surface area contributed by atoms with E-state index in [0.29, 0.717) is 19.0 Å². The summed E-state index contributed by atoms with van der Waals surface area (Å²) in [6.07, 6.45) is 3.25. The Morgan fingerprint density at radius 1 is 1.35 bits per heavy atom. The molecule has 0 radical (unpaired) electrons. The lowest BCUT2D eigenvalue weighted by Crippen LogP contribution is -2.45. The number of furan rings is 1. The summed E-state index contributed by atoms with van der Waals surface area (Å²) >= 11 is 0. The van der Waals surface area contributed by atoms with Crippen molar-refractivity contribution in [2.75, 3.05) is 31.6 Å². The smallest absolute Gasteiger partial charge is 0.293 e. The molecule has 1 aliphatic rings. The monoisotopic (exact) mass is 354 g/mol. The lowest BCUT2D eigenvalue weighted by atomic mass is 10.2. The van der Waals surface area contributed by atoms with Crippen LogP contribution in [0.2, 0.25) is 0 Å². The zero-order valence-electron chi connectivity index (χ0n) is 14.7. The maximum Gasteiger partial charge on any atom is 0.293 e. The predicted molar refractivity (Wildman–Crippen MR) is 99.2 cm³/mol. The van der Waals surface area contributed by atoms with Crippen molar-refractivity contribution in [3.05, 3.63) is 58.8 Å². The van der Waals surface area contributed by atoms with Gasteiger partial charge >= 0.3 is 0 Å². The van der Waals surface area contributed by atoms with Crippen LogP contribution in [0.1, 0.15) is 5.76 Å². The van der Waals surface area contributed by atoms with Gasteiger partial charge < -0.3 is 19.0 Å². The van der Waals surface area contributed by atoms with Gasteiger partial charge in [-0.15, -0.1) is 0 Å². The van der Waals surface area contributed by atoms with Gasteiger partial charge in [0.1, 0.15) is 11.3 Å². The van der Waals surface area contributed by atoms with Gasteiger partial charge in [-0.05, 0) is 12.1 Å². The Kier molecular flexibility index (Phi) is 4.73. The van der Waals surface area contributed by atoms with Crippen LogP contribution < -0.4 is 10.9 Å². The van der Waals surface area contributed by atoms with Crippen LogP contribution in [0.25, 0.3) is 11.0 Å². The summed E-state index contributed by atoms with van der Waals surface area (Å²) in [7, 11) is 1.71. The molecule has 0 aliphatic carbocycles. The molecule has 0 unspecified atom stereocenters. The molecule has 1 aromatic carbocycles. The Morgan fingerprint density at radius 3 is 3.12 bits per heavy atom. The van der Waals surface area contributed by atoms with E-state index >= 15 is 0 Å². The van der Waals surface area contributed by atoms with E-state index in [4.69, 9.17) is 9.15 Å². The van der Waals surface area contributed by atoms with Crippen molar-refractivity contribution < 1.29 is 9.15 Å². The molecular weight excluding hydrogens is 332 g/mol. The Hall–Kier alpha value is -2.64. The number of nitrogens with zero attached hydrogens (tertiary/aromatic N) is 3. The van der Waals surface area contributed by atoms with Gasteiger partial charge in [-0.2, -0.15) is 0 Å². The van der Waals surface area contributed by atoms with Crippen molar-refractivity contribution in [1.29, 1.82) is 0 Å². The second-order valence-corrected chi connectivity index (χ2v) is 6.55. The number of hydrogen-bond donors (Lipinski definition) is 1. The molecule has 2 aromatic heterocycles. The maximum atomic E-state index is 12.0. The first-order valence-corrected chi connectivity index (χ1v) is 8.76. The van der Waals surface area contributed by atoms with E-state index in [9.17, 15) is 4.79 Å². The maximum absolute atomic E-state index is 12.0. The number of rotatable bonds is 5. The minimum absolute atomic E-state index is 0.000148. The molecule has 7 nitrogen and oxygen atoms in total. The first-order valence-electron chi connectivity index (χ1n) is 8.76. The van der Waals surface area contributed by atoms with Gasteiger partial charge in [-0.25, -0.2) is 4.98 Å². The van der Waals surface area contributed by atoms with Crippen LogP contribution in [0.5, 0.6) is 0 Å². The van der Waals surface area contributed by atoms with Crippen LogP contribution in [-0.4, -0.2) is 46.8 Å². The van der Waals surface area contributed by atoms with Crippen molar-refractivity contribution in [3.8, 4) is 0 Å². The van der Waals surface area contributed by atoms with Gasteiger partial charge in [0.2, 0.25) is 0 Å². The highest BCUT2D eigenvalue weighted by molar-refractivity contribution is 5.77. The van der Waals surface area contributed by atoms with Gasteiger partial charge in [0.05, 0.1) is 19.3 Å². The quantitative estimate of drug-likeness (QED) is 0.754. The highest BCUT2D eigenvalue weighted by atomic mass is 16.5. The van der Waals surface area contributed by atoms with E-state index in [1.54, 1.807) is 19.4 Å². The average Bonchev–Trinajstić information content (AvgIpc) is 3.05. The van der Waals surface area contributed by atoms with E-state index in [0.717, 1.165) is 36.4 Å². The summed E-state index contributed by atoms with van der Waals surface area (Å²) in [6.45, 7) is 3.59. The van der Waals surface area contributed by atoms with Crippen molar-refractivity contribution in [2.45, 2.75) is 12.6 Å². The van der Waals surface area contributed by atoms with Crippen molar-refractivity contribution in [1.82, 2.24) is 14.5 Å². The van der Waals surface area contributed by atoms with Crippen molar-refractivity contribution in [3.63, 3.8) is 0 Å². The number of fused-ring (bicyclic) bond motifs is 1. The average molecular weight is 354 g/mol. The van der Waals surface area contributed by atoms with Crippen LogP contribution in [0.15, 0.2) is 51.9 Å². The number of aryl methyl sites for hydroxylation is 1. The third-order valence-electron chi connectivity index (χ3n) is 4.59. The molecule has 3 heterocycles. The Bertz CT molecular complexity index is 916. The van der Waals surface area contributed by atoms with Crippen molar-refractivity contribution in [2.24, 2.45) is 7.05 Å². The summed E-state index contributed by atoms with van der Waals surface area (Å²) in [4.78, 5) is 18.4. The molecule has 0 saturated carbocycles. The largest absolute Gasteiger partial charge is 0.460 e. The molecular formula is C19H22N4O3. The Balaban J connectivity index is 1.36. The number of nitrogens with one attached hydrogen (secondary N) is 1. The lowest BCUT2D eigenvalue weighted by molar-refractivity contribution is -0.0258. The highest BCUT2D eigenvalue weighted by Crippen LogP contribution is 2.20. The molecule has 7 heteroatoms. The first kappa shape index (κ1) is 16.8. The summed E-state index contributed by atoms with van der Waals surface area (Å²) in [6, 6.07) is 10.1. The third-order valence-corrected chi connectivity index (χ3v) is 4.59. The van der Waals surface area contributed by atoms with Crippen molar-refractivity contribution >= 4 is 16.8 Å². The predicted octanol–water partition coefficient (Wildman–Crippen LogP) is 1.84. The Morgan fingerprint density at radius 2 is 2.23 bits per heavy atom. The number of ether oxygens (including phenoxy) is 1. The number of aromatic nitrogens is 2. The molecule has 1 N–H and O–H groups in total. The molecule has 4 rings (SSSR count). The molecule has 1 saturated heterocycles. The van der Waals surface area contributed by atoms with Gasteiger partial charge in [0.15, 0.2) is 5.82 Å². The van der Waals surface area contributed by atoms with Crippen LogP contribution in [0.3, 0.4) is 0 Å². The van der Waals surface area contributed by atoms with Crippen LogP contribution in [-0.2, 0) is 18.3 Å². The number of benzene rings is 1. The minimum Gasteiger partial charge on any atom is -0.460 e. The number of para-hydroxylation sites is 1. The third kappa shape index (κ3) is 3.63. The van der Waals surface area contributed by atoms with Crippen LogP contribution >= 0.6 is 0 Å². The number of morpholine rings is 1. The van der Waals surface area contributed by atoms with Gasteiger partial charge in [0, 0.05) is 44.5 Å². The van der Waals surface area contributed by atoms with E-state index in [2.05, 4.69) is 27.3 Å². The molecule has 1 atom stereocenters. The highest BCUT2D eigenvalue weighted by Gasteiger charge is 2.22. The van der Waals surface area contributed by atoms with Gasteiger partial charge in [-0.3, -0.25) is 9.69 Å². The SMILES string of the molecule is Cn1ccnc(NC[C@@H]2CN(Cc3cc4ccccc4o3)CCO2)c1=O. The standard InChI is InChI=1S/C19H22N4O3/c1-22-7-6-20-18(19(22)24)21-11-16-13-23(8-9-25-16)12-15-10-14-4-2-3-5-17(14)26-15/h2-7,10,16H,8-9,11-13H2,1H3,(H,20,21)/t16-/m1/s1. The second-order valence-electron chi connectivity index (χ2n) is 6.55. The van der Waals surface area contributed by atoms with Gasteiger partial charge in [-0.1, -0.05) is 18.2 Å². The number of hydrogen-bond acceptors (Lipinski definition) is 6. The second kappa shape index (κ2) is 7.31. The summed E-state index contributed by atoms with van der Waals surface area (Å²) in [5.41, 5.74) is 0.780. The normalized spacial score (nSPS) is 18.3. The fourth-order valence-electron chi connectivity index (χ4n) is 3.21. The zero-order valence-corrected chi connectivity index (χ0v) is 14.7. The molecule has 1 aliphatic heterocycles. The summed E-state index contributed by atoms with van der Waals surface area (Å²) in [5.74, 6) is 1.31. The summed E-state index contributed by atoms with van der Waals surface area (Å²) < 4.78 is 13.2. The zero-order chi connectivity index (χ0) is 17.9.